The van der Waals surface area contributed by atoms with Crippen molar-refractivity contribution in [1.29, 1.82) is 0 Å². The van der Waals surface area contributed by atoms with Crippen LogP contribution in [0.2, 0.25) is 0 Å². The monoisotopic (exact) mass is 387 g/mol. The molecule has 8 heteroatoms. The lowest BCUT2D eigenvalue weighted by Gasteiger charge is -2.29. The van der Waals surface area contributed by atoms with Gasteiger partial charge in [0.2, 0.25) is 11.8 Å². The van der Waals surface area contributed by atoms with Gasteiger partial charge in [-0.3, -0.25) is 19.7 Å². The minimum absolute atomic E-state index is 0.0620. The summed E-state index contributed by atoms with van der Waals surface area (Å²) >= 11 is 0. The van der Waals surface area contributed by atoms with E-state index in [1.165, 1.54) is 4.90 Å². The molecule has 0 aliphatic carbocycles. The van der Waals surface area contributed by atoms with Crippen LogP contribution < -0.4 is 10.6 Å². The van der Waals surface area contributed by atoms with Crippen molar-refractivity contribution in [3.63, 3.8) is 0 Å². The topological polar surface area (TPSA) is 105 Å². The second kappa shape index (κ2) is 8.41. The van der Waals surface area contributed by atoms with E-state index >= 15 is 0 Å². The molecule has 1 atom stereocenters. The number of carbonyl (C=O) groups is 4. The fraction of sp³-hybridized carbons (Fsp3) is 0.500. The Balaban J connectivity index is 1.58. The summed E-state index contributed by atoms with van der Waals surface area (Å²) in [5.74, 6) is -0.487. The molecule has 1 aromatic carbocycles. The molecule has 28 heavy (non-hydrogen) atoms. The molecule has 1 saturated heterocycles. The molecule has 0 radical (unpaired) electrons. The quantitative estimate of drug-likeness (QED) is 0.723. The van der Waals surface area contributed by atoms with Crippen molar-refractivity contribution < 1.29 is 23.9 Å². The van der Waals surface area contributed by atoms with E-state index in [-0.39, 0.29) is 24.8 Å². The first-order chi connectivity index (χ1) is 13.3. The zero-order chi connectivity index (χ0) is 20.3. The fourth-order valence-corrected chi connectivity index (χ4v) is 3.35. The number of alkyl carbamates (subject to hydrolysis) is 1. The minimum atomic E-state index is -0.635. The number of fused-ring (bicyclic) bond motifs is 1. The summed E-state index contributed by atoms with van der Waals surface area (Å²) < 4.78 is 5.20. The van der Waals surface area contributed by atoms with Crippen LogP contribution in [0.3, 0.4) is 0 Å². The molecule has 2 aliphatic heterocycles. The third-order valence-electron chi connectivity index (χ3n) is 4.95. The molecule has 1 unspecified atom stereocenters. The Kier molecular flexibility index (Phi) is 5.96. The van der Waals surface area contributed by atoms with E-state index in [0.717, 1.165) is 12.0 Å². The van der Waals surface area contributed by atoms with Gasteiger partial charge < -0.3 is 15.0 Å². The average molecular weight is 387 g/mol. The first-order valence-corrected chi connectivity index (χ1v) is 9.52. The van der Waals surface area contributed by atoms with Crippen LogP contribution in [0, 0.1) is 5.92 Å². The summed E-state index contributed by atoms with van der Waals surface area (Å²) in [5.41, 5.74) is 2.03. The number of benzene rings is 1. The molecule has 8 nitrogen and oxygen atoms in total. The second-order valence-corrected chi connectivity index (χ2v) is 7.58. The Morgan fingerprint density at radius 3 is 2.82 bits per heavy atom. The first kappa shape index (κ1) is 19.9. The highest BCUT2D eigenvalue weighted by molar-refractivity contribution is 6.05. The number of hydrogen-bond acceptors (Lipinski definition) is 5. The standard InChI is InChI=1S/C20H25N3O5/c1-12(2)7-8-21-20(27)28-11-13-3-4-14-10-23(19(26)15(14)9-13)16-5-6-17(24)22-18(16)25/h3-4,9,12,16H,5-8,10-11H2,1-2H3,(H,21,27)(H,22,24,25). The maximum absolute atomic E-state index is 12.8. The molecule has 2 aliphatic rings. The highest BCUT2D eigenvalue weighted by atomic mass is 16.5. The predicted octanol–water partition coefficient (Wildman–Crippen LogP) is 1.72. The molecular formula is C20H25N3O5. The van der Waals surface area contributed by atoms with Crippen LogP contribution in [0.4, 0.5) is 4.79 Å². The van der Waals surface area contributed by atoms with Gasteiger partial charge in [0, 0.05) is 25.1 Å². The van der Waals surface area contributed by atoms with Gasteiger partial charge in [-0.05, 0) is 36.0 Å². The number of carbonyl (C=O) groups excluding carboxylic acids is 4. The summed E-state index contributed by atoms with van der Waals surface area (Å²) in [5, 5.41) is 4.98. The van der Waals surface area contributed by atoms with Crippen molar-refractivity contribution in [2.75, 3.05) is 6.54 Å². The Labute approximate surface area is 163 Å². The van der Waals surface area contributed by atoms with E-state index in [4.69, 9.17) is 4.74 Å². The second-order valence-electron chi connectivity index (χ2n) is 7.58. The average Bonchev–Trinajstić information content (AvgIpc) is 2.96. The Bertz CT molecular complexity index is 805. The molecule has 1 fully saturated rings. The lowest BCUT2D eigenvalue weighted by Crippen LogP contribution is -2.52. The summed E-state index contributed by atoms with van der Waals surface area (Å²) in [6.07, 6.45) is 0.939. The van der Waals surface area contributed by atoms with Crippen molar-refractivity contribution in [1.82, 2.24) is 15.5 Å². The number of ether oxygens (including phenoxy) is 1. The fourth-order valence-electron chi connectivity index (χ4n) is 3.35. The lowest BCUT2D eigenvalue weighted by molar-refractivity contribution is -0.136. The molecule has 0 bridgehead atoms. The molecule has 0 saturated carbocycles. The van der Waals surface area contributed by atoms with Crippen molar-refractivity contribution in [2.24, 2.45) is 5.92 Å². The lowest BCUT2D eigenvalue weighted by atomic mass is 10.0. The van der Waals surface area contributed by atoms with Crippen LogP contribution in [0.5, 0.6) is 0 Å². The van der Waals surface area contributed by atoms with E-state index in [1.54, 1.807) is 6.07 Å². The van der Waals surface area contributed by atoms with Crippen molar-refractivity contribution in [3.05, 3.63) is 34.9 Å². The van der Waals surface area contributed by atoms with Gasteiger partial charge in [0.25, 0.3) is 5.91 Å². The van der Waals surface area contributed by atoms with Gasteiger partial charge in [0.1, 0.15) is 12.6 Å². The highest BCUT2D eigenvalue weighted by Gasteiger charge is 2.39. The van der Waals surface area contributed by atoms with Gasteiger partial charge in [-0.2, -0.15) is 0 Å². The number of nitrogens with zero attached hydrogens (tertiary/aromatic N) is 1. The minimum Gasteiger partial charge on any atom is -0.445 e. The molecule has 4 amide bonds. The van der Waals surface area contributed by atoms with Crippen molar-refractivity contribution in [2.45, 2.75) is 52.3 Å². The third kappa shape index (κ3) is 4.49. The van der Waals surface area contributed by atoms with E-state index in [2.05, 4.69) is 24.5 Å². The van der Waals surface area contributed by atoms with Crippen LogP contribution in [0.1, 0.15) is 54.6 Å². The molecule has 1 aromatic rings. The largest absolute Gasteiger partial charge is 0.445 e. The third-order valence-corrected chi connectivity index (χ3v) is 4.95. The molecular weight excluding hydrogens is 362 g/mol. The van der Waals surface area contributed by atoms with Gasteiger partial charge in [-0.25, -0.2) is 4.79 Å². The molecule has 2 N–H and O–H groups in total. The Morgan fingerprint density at radius 2 is 2.11 bits per heavy atom. The van der Waals surface area contributed by atoms with Crippen LogP contribution in [0.15, 0.2) is 18.2 Å². The number of rotatable bonds is 6. The predicted molar refractivity (Wildman–Crippen MR) is 100 cm³/mol. The number of hydrogen-bond donors (Lipinski definition) is 2. The van der Waals surface area contributed by atoms with E-state index in [1.807, 2.05) is 12.1 Å². The van der Waals surface area contributed by atoms with Gasteiger partial charge in [0.05, 0.1) is 0 Å². The van der Waals surface area contributed by atoms with Gasteiger partial charge in [-0.15, -0.1) is 0 Å². The number of piperidine rings is 1. The van der Waals surface area contributed by atoms with Crippen molar-refractivity contribution >= 4 is 23.8 Å². The summed E-state index contributed by atoms with van der Waals surface area (Å²) in [6.45, 7) is 5.10. The molecule has 0 aromatic heterocycles. The molecule has 0 spiro atoms. The summed E-state index contributed by atoms with van der Waals surface area (Å²) in [6, 6.07) is 4.69. The van der Waals surface area contributed by atoms with E-state index < -0.39 is 18.0 Å². The molecule has 150 valence electrons. The Morgan fingerprint density at radius 1 is 1.32 bits per heavy atom. The number of imide groups is 1. The zero-order valence-electron chi connectivity index (χ0n) is 16.1. The maximum atomic E-state index is 12.8. The normalized spacial score (nSPS) is 18.9. The van der Waals surface area contributed by atoms with Crippen LogP contribution in [-0.2, 0) is 27.5 Å². The van der Waals surface area contributed by atoms with E-state index in [0.29, 0.717) is 36.6 Å². The summed E-state index contributed by atoms with van der Waals surface area (Å²) in [7, 11) is 0. The first-order valence-electron chi connectivity index (χ1n) is 9.52. The number of nitrogens with one attached hydrogen (secondary N) is 2. The highest BCUT2D eigenvalue weighted by Crippen LogP contribution is 2.28. The number of amides is 4. The van der Waals surface area contributed by atoms with E-state index in [9.17, 15) is 19.2 Å². The van der Waals surface area contributed by atoms with Crippen LogP contribution >= 0.6 is 0 Å². The zero-order valence-corrected chi connectivity index (χ0v) is 16.1. The van der Waals surface area contributed by atoms with Crippen LogP contribution in [-0.4, -0.2) is 41.3 Å². The van der Waals surface area contributed by atoms with Crippen LogP contribution in [0.25, 0.3) is 0 Å². The van der Waals surface area contributed by atoms with Gasteiger partial charge in [0.15, 0.2) is 0 Å². The van der Waals surface area contributed by atoms with Gasteiger partial charge in [-0.1, -0.05) is 26.0 Å². The summed E-state index contributed by atoms with van der Waals surface area (Å²) in [4.78, 5) is 49.4. The van der Waals surface area contributed by atoms with Gasteiger partial charge >= 0.3 is 6.09 Å². The molecule has 2 heterocycles. The van der Waals surface area contributed by atoms with Crippen molar-refractivity contribution in [3.8, 4) is 0 Å². The smallest absolute Gasteiger partial charge is 0.407 e. The maximum Gasteiger partial charge on any atom is 0.407 e. The Hall–Kier alpha value is -2.90. The molecule has 3 rings (SSSR count). The SMILES string of the molecule is CC(C)CCNC(=O)OCc1ccc2c(c1)C(=O)N(C1CCC(=O)NC1=O)C2.